The highest BCUT2D eigenvalue weighted by Gasteiger charge is 2.16. The number of nitrogens with one attached hydrogen (secondary N) is 1. The zero-order valence-corrected chi connectivity index (χ0v) is 13.7. The third-order valence-corrected chi connectivity index (χ3v) is 4.87. The van der Waals surface area contributed by atoms with E-state index in [0.29, 0.717) is 6.04 Å². The first-order chi connectivity index (χ1) is 11.8. The first-order valence-corrected chi connectivity index (χ1v) is 8.76. The molecule has 1 atom stereocenters. The second kappa shape index (κ2) is 6.73. The Hall–Kier alpha value is -2.20. The van der Waals surface area contributed by atoms with Crippen LogP contribution in [-0.2, 0) is 6.54 Å². The number of hydrogen-bond donors (Lipinski definition) is 1. The fourth-order valence-electron chi connectivity index (χ4n) is 3.58. The molecule has 0 bridgehead atoms. The van der Waals surface area contributed by atoms with Gasteiger partial charge in [-0.15, -0.1) is 0 Å². The predicted octanol–water partition coefficient (Wildman–Crippen LogP) is 4.37. The number of fused-ring (bicyclic) bond motifs is 1. The molecule has 3 nitrogen and oxygen atoms in total. The summed E-state index contributed by atoms with van der Waals surface area (Å²) in [5.41, 5.74) is 3.10. The summed E-state index contributed by atoms with van der Waals surface area (Å²) in [4.78, 5) is 4.80. The third kappa shape index (κ3) is 3.06. The summed E-state index contributed by atoms with van der Waals surface area (Å²) in [5, 5.41) is 3.61. The summed E-state index contributed by atoms with van der Waals surface area (Å²) >= 11 is 0. The van der Waals surface area contributed by atoms with Gasteiger partial charge in [-0.05, 0) is 62.2 Å². The van der Waals surface area contributed by atoms with Crippen molar-refractivity contribution in [2.45, 2.75) is 38.3 Å². The molecular formula is C20H22FN3. The van der Waals surface area contributed by atoms with Gasteiger partial charge in [-0.3, -0.25) is 0 Å². The van der Waals surface area contributed by atoms with Crippen molar-refractivity contribution < 1.29 is 4.39 Å². The largest absolute Gasteiger partial charge is 0.324 e. The highest BCUT2D eigenvalue weighted by atomic mass is 19.1. The van der Waals surface area contributed by atoms with Gasteiger partial charge >= 0.3 is 0 Å². The van der Waals surface area contributed by atoms with Crippen molar-refractivity contribution in [3.63, 3.8) is 0 Å². The Labute approximate surface area is 141 Å². The number of halogens is 1. The molecule has 1 N–H and O–H groups in total. The number of aryl methyl sites for hydroxylation is 1. The van der Waals surface area contributed by atoms with Gasteiger partial charge in [0.15, 0.2) is 0 Å². The minimum absolute atomic E-state index is 0.215. The van der Waals surface area contributed by atoms with Gasteiger partial charge in [0, 0.05) is 18.2 Å². The molecule has 2 heterocycles. The van der Waals surface area contributed by atoms with E-state index in [1.807, 2.05) is 30.3 Å². The maximum Gasteiger partial charge on any atom is 0.141 e. The molecule has 1 fully saturated rings. The lowest BCUT2D eigenvalue weighted by molar-refractivity contribution is 0.368. The first kappa shape index (κ1) is 15.3. The minimum atomic E-state index is -0.215. The molecule has 0 saturated carbocycles. The molecule has 2 aromatic carbocycles. The molecule has 0 radical (unpaired) electrons. The van der Waals surface area contributed by atoms with Crippen LogP contribution in [0.5, 0.6) is 0 Å². The van der Waals surface area contributed by atoms with Crippen LogP contribution in [0.15, 0.2) is 48.5 Å². The molecule has 1 aliphatic rings. The Balaban J connectivity index is 1.68. The van der Waals surface area contributed by atoms with E-state index in [1.165, 1.54) is 31.4 Å². The Kier molecular flexibility index (Phi) is 4.30. The fourth-order valence-corrected chi connectivity index (χ4v) is 3.58. The number of aromatic nitrogens is 2. The normalized spacial score (nSPS) is 18.1. The van der Waals surface area contributed by atoms with Gasteiger partial charge in [-0.1, -0.05) is 18.6 Å². The topological polar surface area (TPSA) is 29.9 Å². The molecule has 0 aliphatic carbocycles. The second-order valence-electron chi connectivity index (χ2n) is 6.52. The van der Waals surface area contributed by atoms with Crippen molar-refractivity contribution in [1.82, 2.24) is 14.9 Å². The molecule has 0 spiro atoms. The molecule has 4 rings (SSSR count). The second-order valence-corrected chi connectivity index (χ2v) is 6.52. The van der Waals surface area contributed by atoms with E-state index in [1.54, 1.807) is 0 Å². The zero-order valence-electron chi connectivity index (χ0n) is 13.7. The average molecular weight is 323 g/mol. The highest BCUT2D eigenvalue weighted by Crippen LogP contribution is 2.26. The summed E-state index contributed by atoms with van der Waals surface area (Å²) in [6.45, 7) is 2.05. The van der Waals surface area contributed by atoms with E-state index < -0.39 is 0 Å². The van der Waals surface area contributed by atoms with Crippen LogP contribution in [-0.4, -0.2) is 22.1 Å². The van der Waals surface area contributed by atoms with Crippen LogP contribution in [0.4, 0.5) is 4.39 Å². The van der Waals surface area contributed by atoms with E-state index in [0.717, 1.165) is 41.9 Å². The third-order valence-electron chi connectivity index (χ3n) is 4.87. The van der Waals surface area contributed by atoms with Crippen LogP contribution < -0.4 is 5.32 Å². The number of piperidine rings is 1. The van der Waals surface area contributed by atoms with Crippen LogP contribution in [0.25, 0.3) is 22.4 Å². The maximum atomic E-state index is 13.3. The van der Waals surface area contributed by atoms with Crippen molar-refractivity contribution in [2.24, 2.45) is 0 Å². The summed E-state index contributed by atoms with van der Waals surface area (Å²) in [6.07, 6.45) is 4.94. The SMILES string of the molecule is Fc1ccc(-c2nc3ccccc3n2CCC2CCCCN2)cc1. The van der Waals surface area contributed by atoms with E-state index in [-0.39, 0.29) is 5.82 Å². The average Bonchev–Trinajstić information content (AvgIpc) is 3.00. The molecule has 0 amide bonds. The zero-order chi connectivity index (χ0) is 16.4. The lowest BCUT2D eigenvalue weighted by Crippen LogP contribution is -2.34. The van der Waals surface area contributed by atoms with Crippen molar-refractivity contribution in [2.75, 3.05) is 6.54 Å². The van der Waals surface area contributed by atoms with E-state index in [2.05, 4.69) is 16.0 Å². The smallest absolute Gasteiger partial charge is 0.141 e. The molecular weight excluding hydrogens is 301 g/mol. The molecule has 1 unspecified atom stereocenters. The van der Waals surface area contributed by atoms with E-state index in [9.17, 15) is 4.39 Å². The maximum absolute atomic E-state index is 13.3. The van der Waals surface area contributed by atoms with Gasteiger partial charge < -0.3 is 9.88 Å². The number of imidazole rings is 1. The molecule has 124 valence electrons. The quantitative estimate of drug-likeness (QED) is 0.772. The lowest BCUT2D eigenvalue weighted by Gasteiger charge is -2.24. The number of benzene rings is 2. The van der Waals surface area contributed by atoms with Crippen LogP contribution in [0, 0.1) is 5.82 Å². The Morgan fingerprint density at radius 1 is 1.08 bits per heavy atom. The van der Waals surface area contributed by atoms with Crippen molar-refractivity contribution in [3.8, 4) is 11.4 Å². The minimum Gasteiger partial charge on any atom is -0.324 e. The van der Waals surface area contributed by atoms with Crippen LogP contribution in [0.3, 0.4) is 0 Å². The van der Waals surface area contributed by atoms with Gasteiger partial charge in [0.25, 0.3) is 0 Å². The lowest BCUT2D eigenvalue weighted by atomic mass is 10.0. The molecule has 1 saturated heterocycles. The van der Waals surface area contributed by atoms with E-state index >= 15 is 0 Å². The molecule has 4 heteroatoms. The van der Waals surface area contributed by atoms with Crippen molar-refractivity contribution in [3.05, 3.63) is 54.3 Å². The highest BCUT2D eigenvalue weighted by molar-refractivity contribution is 5.80. The molecule has 3 aromatic rings. The predicted molar refractivity (Wildman–Crippen MR) is 95.4 cm³/mol. The number of para-hydroxylation sites is 2. The van der Waals surface area contributed by atoms with Crippen LogP contribution >= 0.6 is 0 Å². The van der Waals surface area contributed by atoms with Gasteiger partial charge in [-0.25, -0.2) is 9.37 Å². The molecule has 24 heavy (non-hydrogen) atoms. The monoisotopic (exact) mass is 323 g/mol. The molecule has 1 aliphatic heterocycles. The van der Waals surface area contributed by atoms with Gasteiger partial charge in [0.2, 0.25) is 0 Å². The fraction of sp³-hybridized carbons (Fsp3) is 0.350. The van der Waals surface area contributed by atoms with Gasteiger partial charge in [0.1, 0.15) is 11.6 Å². The Bertz CT molecular complexity index is 817. The number of rotatable bonds is 4. The summed E-state index contributed by atoms with van der Waals surface area (Å²) in [5.74, 6) is 0.708. The van der Waals surface area contributed by atoms with Crippen LogP contribution in [0.2, 0.25) is 0 Å². The van der Waals surface area contributed by atoms with Gasteiger partial charge in [0.05, 0.1) is 11.0 Å². The summed E-state index contributed by atoms with van der Waals surface area (Å²) in [6, 6.07) is 15.4. The number of nitrogens with zero attached hydrogens (tertiary/aromatic N) is 2. The summed E-state index contributed by atoms with van der Waals surface area (Å²) in [7, 11) is 0. The summed E-state index contributed by atoms with van der Waals surface area (Å²) < 4.78 is 15.5. The Morgan fingerprint density at radius 2 is 1.92 bits per heavy atom. The van der Waals surface area contributed by atoms with Crippen molar-refractivity contribution >= 4 is 11.0 Å². The number of hydrogen-bond acceptors (Lipinski definition) is 2. The Morgan fingerprint density at radius 3 is 2.71 bits per heavy atom. The van der Waals surface area contributed by atoms with Crippen LogP contribution in [0.1, 0.15) is 25.7 Å². The first-order valence-electron chi connectivity index (χ1n) is 8.76. The van der Waals surface area contributed by atoms with E-state index in [4.69, 9.17) is 4.98 Å². The van der Waals surface area contributed by atoms with Gasteiger partial charge in [-0.2, -0.15) is 0 Å². The van der Waals surface area contributed by atoms with Crippen molar-refractivity contribution in [1.29, 1.82) is 0 Å². The standard InChI is InChI=1S/C20H22FN3/c21-16-10-8-15(9-11-16)20-23-18-6-1-2-7-19(18)24(20)14-12-17-5-3-4-13-22-17/h1-2,6-11,17,22H,3-5,12-14H2. The molecule has 1 aromatic heterocycles.